The summed E-state index contributed by atoms with van der Waals surface area (Å²) >= 11 is 0. The molecule has 1 aliphatic rings. The molecule has 2 unspecified atom stereocenters. The number of amides is 2. The standard InChI is InChI=1S/C27H27F9N2O4/c1-14-20(19-11-16(25(28,29)30)6-7-21(19)38(14)23(40)42-24(2,3)4)13-37(22(39)41-5)12-15-8-17(26(31,32)33)10-18(9-15)27(34,35)36/h6-11,14,20H,12-13H2,1-5H3. The molecule has 6 nitrogen and oxygen atoms in total. The van der Waals surface area contributed by atoms with E-state index in [1.54, 1.807) is 20.8 Å². The van der Waals surface area contributed by atoms with E-state index in [4.69, 9.17) is 4.74 Å². The number of halogens is 9. The van der Waals surface area contributed by atoms with Crippen LogP contribution < -0.4 is 4.90 Å². The van der Waals surface area contributed by atoms with Crippen molar-refractivity contribution in [2.24, 2.45) is 0 Å². The second kappa shape index (κ2) is 11.2. The van der Waals surface area contributed by atoms with Crippen LogP contribution in [0.25, 0.3) is 0 Å². The summed E-state index contributed by atoms with van der Waals surface area (Å²) < 4.78 is 131. The van der Waals surface area contributed by atoms with Crippen molar-refractivity contribution >= 4 is 17.9 Å². The number of benzene rings is 2. The second-order valence-electron chi connectivity index (χ2n) is 10.7. The van der Waals surface area contributed by atoms with Crippen LogP contribution in [0.15, 0.2) is 36.4 Å². The first-order chi connectivity index (χ1) is 19.0. The Hall–Kier alpha value is -3.65. The van der Waals surface area contributed by atoms with Crippen molar-refractivity contribution in [2.45, 2.75) is 70.3 Å². The zero-order valence-electron chi connectivity index (χ0n) is 23.0. The van der Waals surface area contributed by atoms with Crippen LogP contribution in [0.3, 0.4) is 0 Å². The summed E-state index contributed by atoms with van der Waals surface area (Å²) in [6.07, 6.45) is -17.1. The molecule has 232 valence electrons. The van der Waals surface area contributed by atoms with Gasteiger partial charge >= 0.3 is 30.7 Å². The van der Waals surface area contributed by atoms with Gasteiger partial charge in [0.1, 0.15) is 5.60 Å². The molecule has 15 heteroatoms. The minimum atomic E-state index is -5.15. The minimum absolute atomic E-state index is 0.0305. The molecule has 2 aromatic rings. The summed E-state index contributed by atoms with van der Waals surface area (Å²) in [7, 11) is 0.920. The number of alkyl halides is 9. The number of hydrogen-bond donors (Lipinski definition) is 0. The molecule has 0 spiro atoms. The molecular formula is C27H27F9N2O4. The lowest BCUT2D eigenvalue weighted by atomic mass is 9.93. The number of hydrogen-bond acceptors (Lipinski definition) is 4. The van der Waals surface area contributed by atoms with Crippen molar-refractivity contribution in [1.82, 2.24) is 4.90 Å². The van der Waals surface area contributed by atoms with Gasteiger partial charge in [0.05, 0.1) is 29.5 Å². The number of carbonyl (C=O) groups excluding carboxylic acids is 2. The lowest BCUT2D eigenvalue weighted by Gasteiger charge is -2.31. The van der Waals surface area contributed by atoms with Crippen molar-refractivity contribution in [3.8, 4) is 0 Å². The van der Waals surface area contributed by atoms with Gasteiger partial charge in [0, 0.05) is 25.0 Å². The molecule has 0 bridgehead atoms. The van der Waals surface area contributed by atoms with E-state index in [1.807, 2.05) is 0 Å². The third-order valence-corrected chi connectivity index (χ3v) is 6.46. The van der Waals surface area contributed by atoms with Crippen molar-refractivity contribution in [3.63, 3.8) is 0 Å². The van der Waals surface area contributed by atoms with E-state index in [9.17, 15) is 49.1 Å². The summed E-state index contributed by atoms with van der Waals surface area (Å²) in [5, 5.41) is 0. The summed E-state index contributed by atoms with van der Waals surface area (Å²) in [5.41, 5.74) is -5.82. The van der Waals surface area contributed by atoms with Gasteiger partial charge < -0.3 is 14.4 Å². The van der Waals surface area contributed by atoms with E-state index < -0.39 is 83.6 Å². The van der Waals surface area contributed by atoms with Crippen molar-refractivity contribution in [1.29, 1.82) is 0 Å². The number of anilines is 1. The highest BCUT2D eigenvalue weighted by molar-refractivity contribution is 5.92. The summed E-state index contributed by atoms with van der Waals surface area (Å²) in [6, 6.07) is 2.45. The monoisotopic (exact) mass is 614 g/mol. The van der Waals surface area contributed by atoms with Crippen LogP contribution in [0.5, 0.6) is 0 Å². The minimum Gasteiger partial charge on any atom is -0.453 e. The number of methoxy groups -OCH3 is 1. The van der Waals surface area contributed by atoms with Crippen LogP contribution >= 0.6 is 0 Å². The second-order valence-corrected chi connectivity index (χ2v) is 10.7. The Morgan fingerprint density at radius 1 is 0.833 bits per heavy atom. The van der Waals surface area contributed by atoms with Gasteiger partial charge in [-0.05, 0) is 75.2 Å². The Bertz CT molecular complexity index is 1300. The Kier molecular flexibility index (Phi) is 8.77. The fourth-order valence-electron chi connectivity index (χ4n) is 4.63. The van der Waals surface area contributed by atoms with Gasteiger partial charge in [0.2, 0.25) is 0 Å². The average molecular weight is 615 g/mol. The normalized spacial score (nSPS) is 17.6. The smallest absolute Gasteiger partial charge is 0.416 e. The molecular weight excluding hydrogens is 587 g/mol. The lowest BCUT2D eigenvalue weighted by molar-refractivity contribution is -0.143. The zero-order chi connectivity index (χ0) is 32.0. The van der Waals surface area contributed by atoms with Gasteiger partial charge in [-0.1, -0.05) is 0 Å². The molecule has 0 radical (unpaired) electrons. The maximum Gasteiger partial charge on any atom is 0.416 e. The molecule has 0 saturated carbocycles. The van der Waals surface area contributed by atoms with E-state index in [1.165, 1.54) is 6.92 Å². The van der Waals surface area contributed by atoms with E-state index in [0.29, 0.717) is 12.1 Å². The van der Waals surface area contributed by atoms with Crippen LogP contribution in [-0.4, -0.2) is 42.4 Å². The molecule has 42 heavy (non-hydrogen) atoms. The largest absolute Gasteiger partial charge is 0.453 e. The third kappa shape index (κ3) is 7.40. The van der Waals surface area contributed by atoms with Gasteiger partial charge in [-0.25, -0.2) is 9.59 Å². The van der Waals surface area contributed by atoms with Gasteiger partial charge in [-0.2, -0.15) is 39.5 Å². The fraction of sp³-hybridized carbons (Fsp3) is 0.481. The first-order valence-corrected chi connectivity index (χ1v) is 12.4. The average Bonchev–Trinajstić information content (AvgIpc) is 3.10. The Morgan fingerprint density at radius 2 is 1.36 bits per heavy atom. The molecule has 1 heterocycles. The number of ether oxygens (including phenoxy) is 2. The topological polar surface area (TPSA) is 59.1 Å². The Balaban J connectivity index is 2.09. The zero-order valence-corrected chi connectivity index (χ0v) is 23.0. The predicted molar refractivity (Wildman–Crippen MR) is 132 cm³/mol. The molecule has 0 aromatic heterocycles. The van der Waals surface area contributed by atoms with E-state index in [2.05, 4.69) is 4.74 Å². The molecule has 0 fully saturated rings. The van der Waals surface area contributed by atoms with Crippen LogP contribution in [0, 0.1) is 0 Å². The summed E-state index contributed by atoms with van der Waals surface area (Å²) in [6.45, 7) is 4.83. The number of rotatable bonds is 4. The first kappa shape index (κ1) is 32.9. The number of nitrogens with zero attached hydrogens (tertiary/aromatic N) is 2. The summed E-state index contributed by atoms with van der Waals surface area (Å²) in [5.74, 6) is -1.07. The molecule has 0 saturated heterocycles. The maximum atomic E-state index is 13.6. The highest BCUT2D eigenvalue weighted by Gasteiger charge is 2.44. The van der Waals surface area contributed by atoms with Crippen LogP contribution in [0.2, 0.25) is 0 Å². The fourth-order valence-corrected chi connectivity index (χ4v) is 4.63. The van der Waals surface area contributed by atoms with Gasteiger partial charge in [0.25, 0.3) is 0 Å². The summed E-state index contributed by atoms with van der Waals surface area (Å²) in [4.78, 5) is 27.6. The number of carbonyl (C=O) groups is 2. The predicted octanol–water partition coefficient (Wildman–Crippen LogP) is 8.24. The third-order valence-electron chi connectivity index (χ3n) is 6.46. The van der Waals surface area contributed by atoms with E-state index in [-0.39, 0.29) is 17.3 Å². The van der Waals surface area contributed by atoms with Crippen molar-refractivity contribution < 1.29 is 58.6 Å². The molecule has 3 rings (SSSR count). The van der Waals surface area contributed by atoms with Gasteiger partial charge in [-0.15, -0.1) is 0 Å². The van der Waals surface area contributed by atoms with Gasteiger partial charge in [-0.3, -0.25) is 4.90 Å². The van der Waals surface area contributed by atoms with Crippen LogP contribution in [-0.2, 0) is 34.5 Å². The van der Waals surface area contributed by atoms with Crippen molar-refractivity contribution in [2.75, 3.05) is 18.6 Å². The molecule has 0 N–H and O–H groups in total. The van der Waals surface area contributed by atoms with Crippen molar-refractivity contribution in [3.05, 3.63) is 64.2 Å². The Morgan fingerprint density at radius 3 is 1.81 bits per heavy atom. The molecule has 0 aliphatic carbocycles. The van der Waals surface area contributed by atoms with Gasteiger partial charge in [0.15, 0.2) is 0 Å². The SMILES string of the molecule is COC(=O)N(Cc1cc(C(F)(F)F)cc(C(F)(F)F)c1)CC1c2cc(C(F)(F)F)ccc2N(C(=O)OC(C)(C)C)C1C. The molecule has 1 aliphatic heterocycles. The van der Waals surface area contributed by atoms with E-state index in [0.717, 1.165) is 35.1 Å². The highest BCUT2D eigenvalue weighted by atomic mass is 19.4. The maximum absolute atomic E-state index is 13.6. The highest BCUT2D eigenvalue weighted by Crippen LogP contribution is 2.45. The number of fused-ring (bicyclic) bond motifs is 1. The lowest BCUT2D eigenvalue weighted by Crippen LogP contribution is -2.43. The van der Waals surface area contributed by atoms with E-state index >= 15 is 0 Å². The molecule has 2 atom stereocenters. The molecule has 2 aromatic carbocycles. The van der Waals surface area contributed by atoms with Crippen LogP contribution in [0.4, 0.5) is 54.8 Å². The first-order valence-electron chi connectivity index (χ1n) is 12.4. The van der Waals surface area contributed by atoms with Crippen LogP contribution in [0.1, 0.15) is 61.4 Å². The Labute approximate surface area is 235 Å². The molecule has 2 amide bonds. The quantitative estimate of drug-likeness (QED) is 0.326.